The van der Waals surface area contributed by atoms with Crippen LogP contribution < -0.4 is 5.32 Å². The van der Waals surface area contributed by atoms with Crippen LogP contribution in [0.3, 0.4) is 0 Å². The monoisotopic (exact) mass is 410 g/mol. The summed E-state index contributed by atoms with van der Waals surface area (Å²) in [6.45, 7) is 4.22. The molecule has 1 fully saturated rings. The number of ether oxygens (including phenoxy) is 1. The van der Waals surface area contributed by atoms with E-state index in [9.17, 15) is 14.7 Å². The van der Waals surface area contributed by atoms with Gasteiger partial charge in [0.05, 0.1) is 12.6 Å². The minimum atomic E-state index is -0.475. The van der Waals surface area contributed by atoms with E-state index in [0.29, 0.717) is 6.54 Å². The largest absolute Gasteiger partial charge is 0.394 e. The zero-order valence-corrected chi connectivity index (χ0v) is 17.6. The van der Waals surface area contributed by atoms with Crippen LogP contribution in [0.25, 0.3) is 0 Å². The Labute approximate surface area is 177 Å². The molecule has 6 heteroatoms. The van der Waals surface area contributed by atoms with Crippen LogP contribution in [0.15, 0.2) is 54.6 Å². The van der Waals surface area contributed by atoms with Crippen molar-refractivity contribution >= 4 is 17.5 Å². The first-order valence-corrected chi connectivity index (χ1v) is 10.5. The van der Waals surface area contributed by atoms with Crippen molar-refractivity contribution in [1.82, 2.24) is 4.90 Å². The molecule has 0 saturated carbocycles. The third kappa shape index (κ3) is 5.07. The van der Waals surface area contributed by atoms with Crippen LogP contribution in [0.1, 0.15) is 43.9 Å². The van der Waals surface area contributed by atoms with E-state index in [1.807, 2.05) is 68.4 Å². The van der Waals surface area contributed by atoms with Crippen LogP contribution in [0.2, 0.25) is 0 Å². The van der Waals surface area contributed by atoms with Gasteiger partial charge in [0.15, 0.2) is 0 Å². The number of benzene rings is 2. The van der Waals surface area contributed by atoms with Crippen molar-refractivity contribution in [3.63, 3.8) is 0 Å². The molecule has 30 heavy (non-hydrogen) atoms. The molecular formula is C24H30N2O4. The Bertz CT molecular complexity index is 834. The highest BCUT2D eigenvalue weighted by molar-refractivity contribution is 5.92. The van der Waals surface area contributed by atoms with E-state index in [-0.39, 0.29) is 30.9 Å². The smallest absolute Gasteiger partial charge is 0.249 e. The van der Waals surface area contributed by atoms with Crippen molar-refractivity contribution in [2.75, 3.05) is 18.5 Å². The first-order valence-electron chi connectivity index (χ1n) is 10.5. The molecule has 2 atom stereocenters. The molecule has 3 rings (SSSR count). The third-order valence-corrected chi connectivity index (χ3v) is 5.70. The number of carbonyl (C=O) groups excluding carboxylic acids is 2. The van der Waals surface area contributed by atoms with Crippen LogP contribution in [-0.2, 0) is 20.9 Å². The van der Waals surface area contributed by atoms with E-state index in [1.165, 1.54) is 0 Å². The quantitative estimate of drug-likeness (QED) is 0.698. The van der Waals surface area contributed by atoms with Gasteiger partial charge < -0.3 is 20.1 Å². The van der Waals surface area contributed by atoms with Gasteiger partial charge in [-0.2, -0.15) is 0 Å². The number of nitrogens with zero attached hydrogens (tertiary/aromatic N) is 1. The average molecular weight is 411 g/mol. The average Bonchev–Trinajstić information content (AvgIpc) is 2.77. The number of hydrogen-bond donors (Lipinski definition) is 2. The third-order valence-electron chi connectivity index (χ3n) is 5.70. The van der Waals surface area contributed by atoms with Crippen LogP contribution in [-0.4, -0.2) is 41.1 Å². The summed E-state index contributed by atoms with van der Waals surface area (Å²) in [6, 6.07) is 16.7. The van der Waals surface area contributed by atoms with Crippen LogP contribution in [0.4, 0.5) is 5.69 Å². The second kappa shape index (κ2) is 10.4. The molecule has 6 nitrogen and oxygen atoms in total. The summed E-state index contributed by atoms with van der Waals surface area (Å²) in [5, 5.41) is 13.0. The van der Waals surface area contributed by atoms with E-state index >= 15 is 0 Å². The standard InChI is InChI=1S/C24H30N2O4/c1-3-18(4-2)24(29)25-20-12-10-19(11-13-20)23-21(15-27)26(22(28)16-30-23)14-17-8-6-5-7-9-17/h5-13,18,21,23,27H,3-4,14-16H2,1-2H3,(H,25,29)/t21-,23-/m1/s1. The van der Waals surface area contributed by atoms with E-state index in [4.69, 9.17) is 4.74 Å². The van der Waals surface area contributed by atoms with Crippen molar-refractivity contribution in [3.05, 3.63) is 65.7 Å². The number of carbonyl (C=O) groups is 2. The van der Waals surface area contributed by atoms with Crippen molar-refractivity contribution in [2.24, 2.45) is 5.92 Å². The van der Waals surface area contributed by atoms with Gasteiger partial charge in [-0.05, 0) is 36.1 Å². The lowest BCUT2D eigenvalue weighted by Crippen LogP contribution is -2.52. The van der Waals surface area contributed by atoms with Gasteiger partial charge in [-0.3, -0.25) is 9.59 Å². The Hall–Kier alpha value is -2.70. The second-order valence-corrected chi connectivity index (χ2v) is 7.61. The SMILES string of the molecule is CCC(CC)C(=O)Nc1ccc([C@H]2OCC(=O)N(Cc3ccccc3)[C@@H]2CO)cc1. The molecule has 1 saturated heterocycles. The second-order valence-electron chi connectivity index (χ2n) is 7.61. The molecule has 0 aliphatic carbocycles. The van der Waals surface area contributed by atoms with Gasteiger partial charge in [-0.15, -0.1) is 0 Å². The Morgan fingerprint density at radius 3 is 2.40 bits per heavy atom. The van der Waals surface area contributed by atoms with Gasteiger partial charge in [-0.1, -0.05) is 56.3 Å². The van der Waals surface area contributed by atoms with Crippen molar-refractivity contribution in [1.29, 1.82) is 0 Å². The fraction of sp³-hybridized carbons (Fsp3) is 0.417. The maximum atomic E-state index is 12.5. The van der Waals surface area contributed by atoms with Crippen LogP contribution in [0.5, 0.6) is 0 Å². The molecule has 0 bridgehead atoms. The predicted octanol–water partition coefficient (Wildman–Crippen LogP) is 3.52. The zero-order chi connectivity index (χ0) is 21.5. The molecule has 0 aromatic heterocycles. The predicted molar refractivity (Wildman–Crippen MR) is 116 cm³/mol. The Kier molecular flexibility index (Phi) is 7.60. The lowest BCUT2D eigenvalue weighted by Gasteiger charge is -2.40. The minimum Gasteiger partial charge on any atom is -0.394 e. The van der Waals surface area contributed by atoms with Crippen LogP contribution >= 0.6 is 0 Å². The fourth-order valence-electron chi connectivity index (χ4n) is 3.86. The normalized spacial score (nSPS) is 19.2. The number of hydrogen-bond acceptors (Lipinski definition) is 4. The fourth-order valence-corrected chi connectivity index (χ4v) is 3.86. The number of nitrogens with one attached hydrogen (secondary N) is 1. The highest BCUT2D eigenvalue weighted by Gasteiger charge is 2.37. The van der Waals surface area contributed by atoms with Gasteiger partial charge >= 0.3 is 0 Å². The zero-order valence-electron chi connectivity index (χ0n) is 17.6. The summed E-state index contributed by atoms with van der Waals surface area (Å²) in [5.74, 6) is -0.111. The molecule has 1 aliphatic heterocycles. The molecule has 2 amide bonds. The number of rotatable bonds is 8. The van der Waals surface area contributed by atoms with Gasteiger partial charge in [0.25, 0.3) is 0 Å². The number of anilines is 1. The van der Waals surface area contributed by atoms with Gasteiger partial charge in [-0.25, -0.2) is 0 Å². The lowest BCUT2D eigenvalue weighted by atomic mass is 9.98. The topological polar surface area (TPSA) is 78.9 Å². The minimum absolute atomic E-state index is 0.00248. The maximum Gasteiger partial charge on any atom is 0.249 e. The van der Waals surface area contributed by atoms with Crippen molar-refractivity contribution in [3.8, 4) is 0 Å². The van der Waals surface area contributed by atoms with E-state index < -0.39 is 12.1 Å². The summed E-state index contributed by atoms with van der Waals surface area (Å²) in [4.78, 5) is 26.5. The first kappa shape index (κ1) is 22.0. The Morgan fingerprint density at radius 1 is 1.13 bits per heavy atom. The highest BCUT2D eigenvalue weighted by Crippen LogP contribution is 2.31. The maximum absolute atomic E-state index is 12.5. The summed E-state index contributed by atoms with van der Waals surface area (Å²) < 4.78 is 5.80. The van der Waals surface area contributed by atoms with Gasteiger partial charge in [0.1, 0.15) is 12.7 Å². The molecule has 2 aromatic carbocycles. The molecule has 2 N–H and O–H groups in total. The van der Waals surface area contributed by atoms with Crippen molar-refractivity contribution in [2.45, 2.75) is 45.4 Å². The van der Waals surface area contributed by atoms with Gasteiger partial charge in [0, 0.05) is 18.2 Å². The molecule has 1 aliphatic rings. The molecule has 160 valence electrons. The molecule has 2 aromatic rings. The van der Waals surface area contributed by atoms with E-state index in [1.54, 1.807) is 4.90 Å². The Balaban J connectivity index is 1.74. The van der Waals surface area contributed by atoms with Crippen LogP contribution in [0, 0.1) is 5.92 Å². The summed E-state index contributed by atoms with van der Waals surface area (Å²) in [7, 11) is 0. The molecule has 0 radical (unpaired) electrons. The number of aliphatic hydroxyl groups is 1. The molecule has 0 unspecified atom stereocenters. The molecule has 0 spiro atoms. The molecular weight excluding hydrogens is 380 g/mol. The number of amides is 2. The highest BCUT2D eigenvalue weighted by atomic mass is 16.5. The summed E-state index contributed by atoms with van der Waals surface area (Å²) in [6.07, 6.45) is 1.18. The Morgan fingerprint density at radius 2 is 1.80 bits per heavy atom. The first-order chi connectivity index (χ1) is 14.6. The van der Waals surface area contributed by atoms with Crippen molar-refractivity contribution < 1.29 is 19.4 Å². The lowest BCUT2D eigenvalue weighted by molar-refractivity contribution is -0.162. The van der Waals surface area contributed by atoms with Gasteiger partial charge in [0.2, 0.25) is 11.8 Å². The van der Waals surface area contributed by atoms with E-state index in [2.05, 4.69) is 5.32 Å². The summed E-state index contributed by atoms with van der Waals surface area (Å²) in [5.41, 5.74) is 2.59. The summed E-state index contributed by atoms with van der Waals surface area (Å²) >= 11 is 0. The molecule has 1 heterocycles. The van der Waals surface area contributed by atoms with E-state index in [0.717, 1.165) is 29.7 Å². The number of aliphatic hydroxyl groups excluding tert-OH is 1. The number of morpholine rings is 1.